The molecule has 0 fully saturated rings. The highest BCUT2D eigenvalue weighted by atomic mass is 16.6. The van der Waals surface area contributed by atoms with E-state index in [4.69, 9.17) is 5.73 Å². The molecule has 0 saturated carbocycles. The van der Waals surface area contributed by atoms with Crippen LogP contribution in [0.4, 0.5) is 11.4 Å². The summed E-state index contributed by atoms with van der Waals surface area (Å²) in [6, 6.07) is 2.91. The first-order valence-electron chi connectivity index (χ1n) is 5.43. The van der Waals surface area contributed by atoms with E-state index in [9.17, 15) is 19.7 Å². The Morgan fingerprint density at radius 3 is 2.53 bits per heavy atom. The number of anilines is 1. The third-order valence-corrected chi connectivity index (χ3v) is 2.47. The van der Waals surface area contributed by atoms with Crippen LogP contribution < -0.4 is 16.4 Å². The molecule has 0 radical (unpaired) electrons. The SMILES string of the molecule is CNC(=O)C(C)NC(=O)c1ccc([N+](=O)[O-])c(N)c1. The van der Waals surface area contributed by atoms with Gasteiger partial charge in [-0.1, -0.05) is 0 Å². The van der Waals surface area contributed by atoms with Crippen molar-refractivity contribution < 1.29 is 14.5 Å². The van der Waals surface area contributed by atoms with E-state index in [1.165, 1.54) is 26.1 Å². The molecule has 0 aliphatic rings. The predicted molar refractivity (Wildman–Crippen MR) is 68.5 cm³/mol. The van der Waals surface area contributed by atoms with Gasteiger partial charge < -0.3 is 16.4 Å². The molecule has 2 amide bonds. The molecule has 1 aromatic carbocycles. The number of rotatable bonds is 4. The number of nitrogens with two attached hydrogens (primary N) is 1. The Morgan fingerprint density at radius 2 is 2.05 bits per heavy atom. The van der Waals surface area contributed by atoms with Gasteiger partial charge in [0.2, 0.25) is 5.91 Å². The first-order chi connectivity index (χ1) is 8.86. The number of benzene rings is 1. The van der Waals surface area contributed by atoms with E-state index >= 15 is 0 Å². The molecule has 102 valence electrons. The van der Waals surface area contributed by atoms with Crippen LogP contribution in [0.15, 0.2) is 18.2 Å². The normalized spacial score (nSPS) is 11.5. The highest BCUT2D eigenvalue weighted by Gasteiger charge is 2.18. The van der Waals surface area contributed by atoms with Crippen molar-refractivity contribution in [1.82, 2.24) is 10.6 Å². The summed E-state index contributed by atoms with van der Waals surface area (Å²) in [5.41, 5.74) is 5.25. The van der Waals surface area contributed by atoms with Crippen molar-refractivity contribution in [3.63, 3.8) is 0 Å². The zero-order chi connectivity index (χ0) is 14.6. The fourth-order valence-electron chi connectivity index (χ4n) is 1.42. The minimum Gasteiger partial charge on any atom is -0.393 e. The lowest BCUT2D eigenvalue weighted by atomic mass is 10.1. The number of likely N-dealkylation sites (N-methyl/N-ethyl adjacent to an activating group) is 1. The molecule has 1 aromatic rings. The van der Waals surface area contributed by atoms with E-state index in [-0.39, 0.29) is 22.8 Å². The van der Waals surface area contributed by atoms with E-state index < -0.39 is 16.9 Å². The van der Waals surface area contributed by atoms with Crippen molar-refractivity contribution in [2.45, 2.75) is 13.0 Å². The molecule has 8 heteroatoms. The summed E-state index contributed by atoms with van der Waals surface area (Å²) < 4.78 is 0. The number of nitrogen functional groups attached to an aromatic ring is 1. The van der Waals surface area contributed by atoms with Gasteiger partial charge in [-0.15, -0.1) is 0 Å². The lowest BCUT2D eigenvalue weighted by Crippen LogP contribution is -2.43. The molecule has 0 bridgehead atoms. The van der Waals surface area contributed by atoms with Crippen molar-refractivity contribution in [3.8, 4) is 0 Å². The second-order valence-corrected chi connectivity index (χ2v) is 3.84. The van der Waals surface area contributed by atoms with Crippen LogP contribution in [0, 0.1) is 10.1 Å². The maximum Gasteiger partial charge on any atom is 0.292 e. The van der Waals surface area contributed by atoms with E-state index in [2.05, 4.69) is 10.6 Å². The molecule has 0 heterocycles. The number of nitro benzene ring substituents is 1. The number of nitrogens with zero attached hydrogens (tertiary/aromatic N) is 1. The number of hydrogen-bond donors (Lipinski definition) is 3. The standard InChI is InChI=1S/C11H14N4O4/c1-6(10(16)13-2)14-11(17)7-3-4-9(15(18)19)8(12)5-7/h3-6H,12H2,1-2H3,(H,13,16)(H,14,17). The lowest BCUT2D eigenvalue weighted by Gasteiger charge is -2.12. The molecule has 0 aromatic heterocycles. The Morgan fingerprint density at radius 1 is 1.42 bits per heavy atom. The van der Waals surface area contributed by atoms with Gasteiger partial charge in [0.05, 0.1) is 4.92 Å². The first-order valence-corrected chi connectivity index (χ1v) is 5.43. The van der Waals surface area contributed by atoms with Gasteiger partial charge in [0.15, 0.2) is 0 Å². The summed E-state index contributed by atoms with van der Waals surface area (Å²) in [5, 5.41) is 15.4. The van der Waals surface area contributed by atoms with Crippen LogP contribution in [0.1, 0.15) is 17.3 Å². The third-order valence-electron chi connectivity index (χ3n) is 2.47. The molecule has 1 atom stereocenters. The molecule has 0 aliphatic carbocycles. The number of hydrogen-bond acceptors (Lipinski definition) is 5. The van der Waals surface area contributed by atoms with Crippen molar-refractivity contribution in [3.05, 3.63) is 33.9 Å². The van der Waals surface area contributed by atoms with E-state index in [1.54, 1.807) is 0 Å². The summed E-state index contributed by atoms with van der Waals surface area (Å²) >= 11 is 0. The maximum atomic E-state index is 11.8. The van der Waals surface area contributed by atoms with Crippen LogP contribution in [-0.4, -0.2) is 29.8 Å². The topological polar surface area (TPSA) is 127 Å². The summed E-state index contributed by atoms with van der Waals surface area (Å²) in [6.45, 7) is 1.52. The molecule has 1 unspecified atom stereocenters. The van der Waals surface area contributed by atoms with Gasteiger partial charge >= 0.3 is 0 Å². The van der Waals surface area contributed by atoms with Crippen LogP contribution in [0.25, 0.3) is 0 Å². The molecule has 4 N–H and O–H groups in total. The third kappa shape index (κ3) is 3.41. The Kier molecular flexibility index (Phi) is 4.41. The molecule has 1 rings (SSSR count). The zero-order valence-electron chi connectivity index (χ0n) is 10.5. The van der Waals surface area contributed by atoms with Crippen LogP contribution in [-0.2, 0) is 4.79 Å². The van der Waals surface area contributed by atoms with Crippen molar-refractivity contribution in [1.29, 1.82) is 0 Å². The van der Waals surface area contributed by atoms with Crippen LogP contribution in [0.5, 0.6) is 0 Å². The van der Waals surface area contributed by atoms with Crippen molar-refractivity contribution >= 4 is 23.2 Å². The van der Waals surface area contributed by atoms with E-state index in [0.717, 1.165) is 6.07 Å². The van der Waals surface area contributed by atoms with Gasteiger partial charge in [-0.25, -0.2) is 0 Å². The quantitative estimate of drug-likeness (QED) is 0.403. The van der Waals surface area contributed by atoms with Gasteiger partial charge in [-0.2, -0.15) is 0 Å². The van der Waals surface area contributed by atoms with Gasteiger partial charge in [0.25, 0.3) is 11.6 Å². The Bertz CT molecular complexity index is 529. The highest BCUT2D eigenvalue weighted by Crippen LogP contribution is 2.21. The monoisotopic (exact) mass is 266 g/mol. The van der Waals surface area contributed by atoms with Crippen molar-refractivity contribution in [2.75, 3.05) is 12.8 Å². The van der Waals surface area contributed by atoms with Gasteiger partial charge in [-0.3, -0.25) is 19.7 Å². The fourth-order valence-corrected chi connectivity index (χ4v) is 1.42. The molecular formula is C11H14N4O4. The second kappa shape index (κ2) is 5.80. The molecular weight excluding hydrogens is 252 g/mol. The van der Waals surface area contributed by atoms with Gasteiger partial charge in [0, 0.05) is 18.7 Å². The minimum atomic E-state index is -0.714. The molecule has 8 nitrogen and oxygen atoms in total. The number of nitrogens with one attached hydrogen (secondary N) is 2. The van der Waals surface area contributed by atoms with E-state index in [0.29, 0.717) is 0 Å². The molecule has 0 saturated heterocycles. The summed E-state index contributed by atoms with van der Waals surface area (Å²) in [4.78, 5) is 33.0. The number of nitro groups is 1. The van der Waals surface area contributed by atoms with Gasteiger partial charge in [0.1, 0.15) is 11.7 Å². The number of carbonyl (C=O) groups excluding carboxylic acids is 2. The van der Waals surface area contributed by atoms with Crippen LogP contribution >= 0.6 is 0 Å². The number of amides is 2. The Labute approximate surface area is 109 Å². The molecule has 0 spiro atoms. The number of carbonyl (C=O) groups is 2. The largest absolute Gasteiger partial charge is 0.393 e. The average Bonchev–Trinajstić information content (AvgIpc) is 2.36. The smallest absolute Gasteiger partial charge is 0.292 e. The Balaban J connectivity index is 2.87. The molecule has 19 heavy (non-hydrogen) atoms. The molecule has 0 aliphatic heterocycles. The van der Waals surface area contributed by atoms with E-state index in [1.807, 2.05) is 0 Å². The van der Waals surface area contributed by atoms with Gasteiger partial charge in [-0.05, 0) is 19.1 Å². The van der Waals surface area contributed by atoms with Crippen LogP contribution in [0.2, 0.25) is 0 Å². The van der Waals surface area contributed by atoms with Crippen molar-refractivity contribution in [2.24, 2.45) is 0 Å². The summed E-state index contributed by atoms with van der Waals surface area (Å²) in [7, 11) is 1.45. The minimum absolute atomic E-state index is 0.106. The average molecular weight is 266 g/mol. The predicted octanol–water partition coefficient (Wildman–Crippen LogP) is 0.0413. The first kappa shape index (κ1) is 14.4. The Hall–Kier alpha value is -2.64. The maximum absolute atomic E-state index is 11.8. The lowest BCUT2D eigenvalue weighted by molar-refractivity contribution is -0.383. The summed E-state index contributed by atoms with van der Waals surface area (Å²) in [6.07, 6.45) is 0. The second-order valence-electron chi connectivity index (χ2n) is 3.84. The fraction of sp³-hybridized carbons (Fsp3) is 0.273. The zero-order valence-corrected chi connectivity index (χ0v) is 10.5. The van der Waals surface area contributed by atoms with Crippen LogP contribution in [0.3, 0.4) is 0 Å². The summed E-state index contributed by atoms with van der Waals surface area (Å²) in [5.74, 6) is -0.874. The highest BCUT2D eigenvalue weighted by molar-refractivity contribution is 5.98.